The number of ether oxygens (including phenoxy) is 1. The van der Waals surface area contributed by atoms with E-state index in [-0.39, 0.29) is 5.91 Å². The van der Waals surface area contributed by atoms with Crippen LogP contribution in [0, 0.1) is 12.8 Å². The quantitative estimate of drug-likeness (QED) is 0.695. The Morgan fingerprint density at radius 1 is 1.27 bits per heavy atom. The number of imidazole rings is 1. The Kier molecular flexibility index (Phi) is 5.26. The van der Waals surface area contributed by atoms with Crippen LogP contribution in [0.2, 0.25) is 0 Å². The standard InChI is InChI=1S/C22H28N6O2/c1-16-2-4-27-18(14-24-21(27)10-16)13-23-12-17-3-5-28-20(11-17)19(15-25-28)22(29)26-6-8-30-9-7-26/h2,4,10,14-15,17,23H,3,5-9,11-13H2,1H3/t17-/m0/s1. The first-order chi connectivity index (χ1) is 14.7. The fraction of sp³-hybridized carbons (Fsp3) is 0.500. The first kappa shape index (κ1) is 19.3. The second-order valence-corrected chi connectivity index (χ2v) is 8.30. The molecule has 0 aliphatic carbocycles. The van der Waals surface area contributed by atoms with E-state index in [0.29, 0.717) is 32.2 Å². The molecule has 0 aromatic carbocycles. The summed E-state index contributed by atoms with van der Waals surface area (Å²) >= 11 is 0. The fourth-order valence-corrected chi connectivity index (χ4v) is 4.46. The molecular weight excluding hydrogens is 380 g/mol. The van der Waals surface area contributed by atoms with E-state index in [9.17, 15) is 4.79 Å². The average molecular weight is 409 g/mol. The van der Waals surface area contributed by atoms with E-state index in [2.05, 4.69) is 45.1 Å². The van der Waals surface area contributed by atoms with Gasteiger partial charge in [0.2, 0.25) is 0 Å². The minimum atomic E-state index is 0.0918. The monoisotopic (exact) mass is 408 g/mol. The number of nitrogens with one attached hydrogen (secondary N) is 1. The van der Waals surface area contributed by atoms with Crippen molar-refractivity contribution >= 4 is 11.6 Å². The number of morpholine rings is 1. The van der Waals surface area contributed by atoms with Crippen molar-refractivity contribution in [3.05, 3.63) is 53.2 Å². The lowest BCUT2D eigenvalue weighted by atomic mass is 9.94. The zero-order chi connectivity index (χ0) is 20.5. The molecule has 1 fully saturated rings. The predicted molar refractivity (Wildman–Crippen MR) is 112 cm³/mol. The maximum absolute atomic E-state index is 12.9. The van der Waals surface area contributed by atoms with Crippen LogP contribution in [0.15, 0.2) is 30.7 Å². The molecule has 0 bridgehead atoms. The molecule has 8 nitrogen and oxygen atoms in total. The van der Waals surface area contributed by atoms with Crippen LogP contribution in [0.4, 0.5) is 0 Å². The summed E-state index contributed by atoms with van der Waals surface area (Å²) in [6, 6.07) is 4.20. The summed E-state index contributed by atoms with van der Waals surface area (Å²) in [6.45, 7) is 7.19. The smallest absolute Gasteiger partial charge is 0.257 e. The summed E-state index contributed by atoms with van der Waals surface area (Å²) in [6.07, 6.45) is 7.72. The van der Waals surface area contributed by atoms with Gasteiger partial charge in [-0.2, -0.15) is 5.10 Å². The van der Waals surface area contributed by atoms with Gasteiger partial charge in [0.05, 0.1) is 42.6 Å². The molecule has 0 unspecified atom stereocenters. The third-order valence-electron chi connectivity index (χ3n) is 6.19. The maximum Gasteiger partial charge on any atom is 0.257 e. The first-order valence-corrected chi connectivity index (χ1v) is 10.7. The van der Waals surface area contributed by atoms with Gasteiger partial charge in [-0.3, -0.25) is 9.48 Å². The van der Waals surface area contributed by atoms with Gasteiger partial charge in [-0.05, 0) is 49.9 Å². The van der Waals surface area contributed by atoms with Crippen molar-refractivity contribution in [3.8, 4) is 0 Å². The molecule has 1 atom stereocenters. The summed E-state index contributed by atoms with van der Waals surface area (Å²) in [5.74, 6) is 0.584. The molecule has 5 heterocycles. The van der Waals surface area contributed by atoms with Crippen LogP contribution in [-0.2, 0) is 24.2 Å². The van der Waals surface area contributed by atoms with Crippen LogP contribution in [0.1, 0.15) is 33.7 Å². The topological polar surface area (TPSA) is 76.7 Å². The van der Waals surface area contributed by atoms with Crippen molar-refractivity contribution in [2.75, 3.05) is 32.8 Å². The molecule has 3 aromatic heterocycles. The molecule has 30 heavy (non-hydrogen) atoms. The number of rotatable bonds is 5. The highest BCUT2D eigenvalue weighted by Crippen LogP contribution is 2.24. The van der Waals surface area contributed by atoms with E-state index in [1.807, 2.05) is 15.8 Å². The van der Waals surface area contributed by atoms with Gasteiger partial charge in [0.1, 0.15) is 5.65 Å². The molecule has 1 N–H and O–H groups in total. The lowest BCUT2D eigenvalue weighted by Crippen LogP contribution is -2.41. The Morgan fingerprint density at radius 2 is 2.13 bits per heavy atom. The van der Waals surface area contributed by atoms with E-state index in [1.165, 1.54) is 5.56 Å². The SMILES string of the molecule is Cc1ccn2c(CNC[C@H]3CCn4ncc(C(=O)N5CCOCC5)c4C3)cnc2c1. The van der Waals surface area contributed by atoms with Gasteiger partial charge in [-0.1, -0.05) is 0 Å². The molecule has 2 aliphatic rings. The number of fused-ring (bicyclic) bond motifs is 2. The predicted octanol–water partition coefficient (Wildman–Crippen LogP) is 1.66. The van der Waals surface area contributed by atoms with E-state index < -0.39 is 0 Å². The van der Waals surface area contributed by atoms with Gasteiger partial charge < -0.3 is 19.4 Å². The summed E-state index contributed by atoms with van der Waals surface area (Å²) in [7, 11) is 0. The Balaban J connectivity index is 1.21. The van der Waals surface area contributed by atoms with Gasteiger partial charge in [-0.25, -0.2) is 4.98 Å². The molecule has 3 aromatic rings. The van der Waals surface area contributed by atoms with Crippen molar-refractivity contribution in [2.45, 2.75) is 32.9 Å². The van der Waals surface area contributed by atoms with E-state index in [1.54, 1.807) is 6.20 Å². The highest BCUT2D eigenvalue weighted by Gasteiger charge is 2.28. The number of nitrogens with zero attached hydrogens (tertiary/aromatic N) is 5. The van der Waals surface area contributed by atoms with Crippen molar-refractivity contribution in [2.24, 2.45) is 5.92 Å². The number of aromatic nitrogens is 4. The zero-order valence-electron chi connectivity index (χ0n) is 17.4. The number of carbonyl (C=O) groups is 1. The zero-order valence-corrected chi connectivity index (χ0v) is 17.4. The second kappa shape index (κ2) is 8.20. The maximum atomic E-state index is 12.9. The molecule has 0 saturated carbocycles. The molecule has 158 valence electrons. The third-order valence-corrected chi connectivity index (χ3v) is 6.19. The third kappa shape index (κ3) is 3.73. The normalized spacial score (nSPS) is 19.2. The molecule has 8 heteroatoms. The molecule has 1 saturated heterocycles. The van der Waals surface area contributed by atoms with Gasteiger partial charge in [-0.15, -0.1) is 0 Å². The van der Waals surface area contributed by atoms with Crippen molar-refractivity contribution < 1.29 is 9.53 Å². The van der Waals surface area contributed by atoms with Crippen LogP contribution < -0.4 is 5.32 Å². The minimum absolute atomic E-state index is 0.0918. The number of carbonyl (C=O) groups excluding carboxylic acids is 1. The summed E-state index contributed by atoms with van der Waals surface area (Å²) in [4.78, 5) is 19.3. The number of pyridine rings is 1. The molecule has 0 spiro atoms. The van der Waals surface area contributed by atoms with Crippen molar-refractivity contribution in [3.63, 3.8) is 0 Å². The Bertz CT molecular complexity index is 1050. The number of aryl methyl sites for hydroxylation is 2. The molecule has 0 radical (unpaired) electrons. The van der Waals surface area contributed by atoms with Gasteiger partial charge in [0.15, 0.2) is 0 Å². The highest BCUT2D eigenvalue weighted by atomic mass is 16.5. The highest BCUT2D eigenvalue weighted by molar-refractivity contribution is 5.95. The molecule has 5 rings (SSSR count). The minimum Gasteiger partial charge on any atom is -0.378 e. The van der Waals surface area contributed by atoms with Crippen LogP contribution in [0.5, 0.6) is 0 Å². The van der Waals surface area contributed by atoms with Gasteiger partial charge in [0.25, 0.3) is 5.91 Å². The van der Waals surface area contributed by atoms with E-state index in [4.69, 9.17) is 4.74 Å². The van der Waals surface area contributed by atoms with E-state index >= 15 is 0 Å². The van der Waals surface area contributed by atoms with Crippen molar-refractivity contribution in [1.29, 1.82) is 0 Å². The van der Waals surface area contributed by atoms with Crippen LogP contribution in [0.25, 0.3) is 5.65 Å². The summed E-state index contributed by atoms with van der Waals surface area (Å²) < 4.78 is 9.52. The Hall–Kier alpha value is -2.71. The number of amides is 1. The largest absolute Gasteiger partial charge is 0.378 e. The lowest BCUT2D eigenvalue weighted by molar-refractivity contribution is 0.0301. The van der Waals surface area contributed by atoms with E-state index in [0.717, 1.165) is 55.1 Å². The van der Waals surface area contributed by atoms with Crippen LogP contribution in [0.3, 0.4) is 0 Å². The van der Waals surface area contributed by atoms with Crippen LogP contribution >= 0.6 is 0 Å². The average Bonchev–Trinajstić information content (AvgIpc) is 3.37. The number of hydrogen-bond donors (Lipinski definition) is 1. The summed E-state index contributed by atoms with van der Waals surface area (Å²) in [5.41, 5.74) is 5.20. The molecule has 1 amide bonds. The molecule has 2 aliphatic heterocycles. The van der Waals surface area contributed by atoms with Crippen LogP contribution in [-0.4, -0.2) is 62.8 Å². The fourth-order valence-electron chi connectivity index (χ4n) is 4.46. The van der Waals surface area contributed by atoms with Crippen molar-refractivity contribution in [1.82, 2.24) is 29.4 Å². The van der Waals surface area contributed by atoms with Gasteiger partial charge in [0, 0.05) is 32.4 Å². The first-order valence-electron chi connectivity index (χ1n) is 10.7. The lowest BCUT2D eigenvalue weighted by Gasteiger charge is -2.28. The Morgan fingerprint density at radius 3 is 3.00 bits per heavy atom. The van der Waals surface area contributed by atoms with Gasteiger partial charge >= 0.3 is 0 Å². The number of hydrogen-bond acceptors (Lipinski definition) is 5. The Labute approximate surface area is 175 Å². The molecular formula is C22H28N6O2. The second-order valence-electron chi connectivity index (χ2n) is 8.30. The summed E-state index contributed by atoms with van der Waals surface area (Å²) in [5, 5.41) is 8.07.